The number of carbonyl (C=O) groups excluding carboxylic acids is 2. The summed E-state index contributed by atoms with van der Waals surface area (Å²) >= 11 is 0. The maximum atomic E-state index is 13.5. The van der Waals surface area contributed by atoms with Crippen molar-refractivity contribution in [2.45, 2.75) is 20.4 Å². The first kappa shape index (κ1) is 16.7. The fraction of sp³-hybridized carbons (Fsp3) is 0.222. The molecule has 0 radical (unpaired) electrons. The number of hydrogen-bond acceptors (Lipinski definition) is 2. The van der Waals surface area contributed by atoms with E-state index >= 15 is 0 Å². The van der Waals surface area contributed by atoms with Gasteiger partial charge in [-0.2, -0.15) is 0 Å². The molecule has 0 aliphatic heterocycles. The summed E-state index contributed by atoms with van der Waals surface area (Å²) in [5.74, 6) is -1.15. The first-order valence-electron chi connectivity index (χ1n) is 7.31. The number of carbonyl (C=O) groups is 2. The second-order valence-electron chi connectivity index (χ2n) is 5.39. The summed E-state index contributed by atoms with van der Waals surface area (Å²) in [5, 5.41) is 2.48. The number of nitrogens with zero attached hydrogens (tertiary/aromatic N) is 1. The summed E-state index contributed by atoms with van der Waals surface area (Å²) in [6, 6.07) is 13.7. The topological polar surface area (TPSA) is 49.4 Å². The van der Waals surface area contributed by atoms with Gasteiger partial charge in [-0.05, 0) is 24.6 Å². The minimum atomic E-state index is -0.506. The maximum Gasteiger partial charge on any atom is 0.244 e. The molecular formula is C18H19FN2O2. The van der Waals surface area contributed by atoms with Crippen LogP contribution in [0.4, 0.5) is 10.1 Å². The standard InChI is InChI=1S/C18H19FN2O2/c1-13-6-5-7-15(10-13)11-21(14(2)22)12-18(23)20-17-9-4-3-8-16(17)19/h3-10H,11-12H2,1-2H3,(H,20,23). The lowest BCUT2D eigenvalue weighted by Crippen LogP contribution is -2.36. The van der Waals surface area contributed by atoms with Crippen molar-refractivity contribution in [3.05, 3.63) is 65.5 Å². The molecule has 120 valence electrons. The van der Waals surface area contributed by atoms with E-state index in [1.54, 1.807) is 12.1 Å². The Morgan fingerprint density at radius 1 is 1.13 bits per heavy atom. The fourth-order valence-corrected chi connectivity index (χ4v) is 2.24. The van der Waals surface area contributed by atoms with Crippen LogP contribution in [0.15, 0.2) is 48.5 Å². The van der Waals surface area contributed by atoms with Gasteiger partial charge >= 0.3 is 0 Å². The molecule has 0 heterocycles. The molecule has 0 saturated carbocycles. The van der Waals surface area contributed by atoms with Crippen molar-refractivity contribution < 1.29 is 14.0 Å². The van der Waals surface area contributed by atoms with Crippen LogP contribution in [0.1, 0.15) is 18.1 Å². The molecular weight excluding hydrogens is 295 g/mol. The van der Waals surface area contributed by atoms with Crippen molar-refractivity contribution in [1.29, 1.82) is 0 Å². The molecule has 2 amide bonds. The lowest BCUT2D eigenvalue weighted by molar-refractivity contribution is -0.133. The lowest BCUT2D eigenvalue weighted by Gasteiger charge is -2.21. The van der Waals surface area contributed by atoms with Crippen LogP contribution in [0.2, 0.25) is 0 Å². The van der Waals surface area contributed by atoms with Crippen molar-refractivity contribution in [1.82, 2.24) is 4.90 Å². The SMILES string of the molecule is CC(=O)N(CC(=O)Nc1ccccc1F)Cc1cccc(C)c1. The van der Waals surface area contributed by atoms with E-state index in [-0.39, 0.29) is 18.1 Å². The van der Waals surface area contributed by atoms with E-state index < -0.39 is 11.7 Å². The van der Waals surface area contributed by atoms with Gasteiger partial charge in [-0.3, -0.25) is 9.59 Å². The minimum Gasteiger partial charge on any atom is -0.329 e. The van der Waals surface area contributed by atoms with Gasteiger partial charge in [-0.25, -0.2) is 4.39 Å². The summed E-state index contributed by atoms with van der Waals surface area (Å²) in [7, 11) is 0. The molecule has 2 aromatic rings. The van der Waals surface area contributed by atoms with E-state index in [4.69, 9.17) is 0 Å². The first-order chi connectivity index (χ1) is 11.0. The Kier molecular flexibility index (Phi) is 5.46. The second-order valence-corrected chi connectivity index (χ2v) is 5.39. The van der Waals surface area contributed by atoms with E-state index in [1.807, 2.05) is 31.2 Å². The molecule has 0 fully saturated rings. The number of aryl methyl sites for hydroxylation is 1. The van der Waals surface area contributed by atoms with Gasteiger partial charge in [0.25, 0.3) is 0 Å². The molecule has 1 N–H and O–H groups in total. The minimum absolute atomic E-state index is 0.108. The molecule has 0 aromatic heterocycles. The molecule has 5 heteroatoms. The molecule has 0 aliphatic carbocycles. The van der Waals surface area contributed by atoms with Gasteiger partial charge in [-0.1, -0.05) is 42.0 Å². The van der Waals surface area contributed by atoms with Gasteiger partial charge < -0.3 is 10.2 Å². The predicted molar refractivity (Wildman–Crippen MR) is 87.3 cm³/mol. The van der Waals surface area contributed by atoms with Crippen LogP contribution in [-0.4, -0.2) is 23.3 Å². The highest BCUT2D eigenvalue weighted by Crippen LogP contribution is 2.13. The number of benzene rings is 2. The molecule has 2 rings (SSSR count). The second kappa shape index (κ2) is 7.54. The summed E-state index contributed by atoms with van der Waals surface area (Å²) in [6.07, 6.45) is 0. The molecule has 0 bridgehead atoms. The number of para-hydroxylation sites is 1. The number of hydrogen-bond donors (Lipinski definition) is 1. The van der Waals surface area contributed by atoms with Crippen LogP contribution in [0.5, 0.6) is 0 Å². The van der Waals surface area contributed by atoms with Crippen LogP contribution >= 0.6 is 0 Å². The highest BCUT2D eigenvalue weighted by molar-refractivity contribution is 5.94. The zero-order valence-electron chi connectivity index (χ0n) is 13.2. The average molecular weight is 314 g/mol. The Balaban J connectivity index is 2.03. The number of nitrogens with one attached hydrogen (secondary N) is 1. The van der Waals surface area contributed by atoms with Crippen molar-refractivity contribution in [3.8, 4) is 0 Å². The van der Waals surface area contributed by atoms with Gasteiger partial charge in [0.2, 0.25) is 11.8 Å². The normalized spacial score (nSPS) is 10.2. The molecule has 0 atom stereocenters. The summed E-state index contributed by atoms with van der Waals surface area (Å²) in [4.78, 5) is 25.2. The zero-order valence-corrected chi connectivity index (χ0v) is 13.2. The Bertz CT molecular complexity index is 716. The Morgan fingerprint density at radius 2 is 1.87 bits per heavy atom. The molecule has 0 saturated heterocycles. The lowest BCUT2D eigenvalue weighted by atomic mass is 10.1. The van der Waals surface area contributed by atoms with Crippen molar-refractivity contribution in [2.75, 3.05) is 11.9 Å². The highest BCUT2D eigenvalue weighted by atomic mass is 19.1. The van der Waals surface area contributed by atoms with Gasteiger partial charge in [-0.15, -0.1) is 0 Å². The summed E-state index contributed by atoms with van der Waals surface area (Å²) in [6.45, 7) is 3.58. The van der Waals surface area contributed by atoms with Crippen molar-refractivity contribution in [3.63, 3.8) is 0 Å². The van der Waals surface area contributed by atoms with Crippen molar-refractivity contribution in [2.24, 2.45) is 0 Å². The van der Waals surface area contributed by atoms with E-state index in [1.165, 1.54) is 24.0 Å². The van der Waals surface area contributed by atoms with Gasteiger partial charge in [0.15, 0.2) is 0 Å². The molecule has 23 heavy (non-hydrogen) atoms. The molecule has 0 spiro atoms. The largest absolute Gasteiger partial charge is 0.329 e. The number of anilines is 1. The average Bonchev–Trinajstić information content (AvgIpc) is 2.49. The summed E-state index contributed by atoms with van der Waals surface area (Å²) < 4.78 is 13.5. The maximum absolute atomic E-state index is 13.5. The Hall–Kier alpha value is -2.69. The van der Waals surface area contributed by atoms with E-state index in [2.05, 4.69) is 5.32 Å². The monoisotopic (exact) mass is 314 g/mol. The zero-order chi connectivity index (χ0) is 16.8. The number of amides is 2. The quantitative estimate of drug-likeness (QED) is 0.922. The Morgan fingerprint density at radius 3 is 2.52 bits per heavy atom. The highest BCUT2D eigenvalue weighted by Gasteiger charge is 2.15. The van der Waals surface area contributed by atoms with Crippen molar-refractivity contribution >= 4 is 17.5 Å². The van der Waals surface area contributed by atoms with E-state index in [0.29, 0.717) is 6.54 Å². The van der Waals surface area contributed by atoms with Crippen LogP contribution in [-0.2, 0) is 16.1 Å². The van der Waals surface area contributed by atoms with Gasteiger partial charge in [0.1, 0.15) is 12.4 Å². The molecule has 4 nitrogen and oxygen atoms in total. The third-order valence-corrected chi connectivity index (χ3v) is 3.38. The third kappa shape index (κ3) is 4.92. The molecule has 2 aromatic carbocycles. The van der Waals surface area contributed by atoms with E-state index in [0.717, 1.165) is 11.1 Å². The van der Waals surface area contributed by atoms with Gasteiger partial charge in [0, 0.05) is 13.5 Å². The van der Waals surface area contributed by atoms with Crippen LogP contribution in [0.25, 0.3) is 0 Å². The number of rotatable bonds is 5. The third-order valence-electron chi connectivity index (χ3n) is 3.38. The van der Waals surface area contributed by atoms with Crippen LogP contribution < -0.4 is 5.32 Å². The molecule has 0 aliphatic rings. The first-order valence-corrected chi connectivity index (χ1v) is 7.31. The summed E-state index contributed by atoms with van der Waals surface area (Å²) in [5.41, 5.74) is 2.14. The number of halogens is 1. The van der Waals surface area contributed by atoms with E-state index in [9.17, 15) is 14.0 Å². The van der Waals surface area contributed by atoms with Crippen LogP contribution in [0, 0.1) is 12.7 Å². The smallest absolute Gasteiger partial charge is 0.244 e. The fourth-order valence-electron chi connectivity index (χ4n) is 2.24. The molecule has 0 unspecified atom stereocenters. The Labute approximate surface area is 134 Å². The predicted octanol–water partition coefficient (Wildman–Crippen LogP) is 3.12. The van der Waals surface area contributed by atoms with Crippen LogP contribution in [0.3, 0.4) is 0 Å². The van der Waals surface area contributed by atoms with Gasteiger partial charge in [0.05, 0.1) is 5.69 Å².